The molecule has 0 aliphatic carbocycles. The first-order valence-electron chi connectivity index (χ1n) is 5.80. The second kappa shape index (κ2) is 8.35. The van der Waals surface area contributed by atoms with E-state index in [2.05, 4.69) is 15.6 Å². The molecule has 0 saturated heterocycles. The van der Waals surface area contributed by atoms with Crippen molar-refractivity contribution in [1.29, 1.82) is 0 Å². The quantitative estimate of drug-likeness (QED) is 0.497. The number of benzene rings is 1. The number of halogens is 3. The minimum Gasteiger partial charge on any atom is -0.489 e. The van der Waals surface area contributed by atoms with E-state index in [4.69, 9.17) is 39.5 Å². The Morgan fingerprint density at radius 1 is 1.21 bits per heavy atom. The molecule has 0 aliphatic heterocycles. The van der Waals surface area contributed by atoms with Crippen LogP contribution in [-0.2, 0) is 0 Å². The Morgan fingerprint density at radius 3 is 2.37 bits per heavy atom. The van der Waals surface area contributed by atoms with Crippen LogP contribution in [0.15, 0.2) is 17.1 Å². The SMILES string of the molecule is CCNC(=NC)NCCOc1c(Cl)cc(Cl)cc1Cl. The normalized spacial score (nSPS) is 11.3. The standard InChI is InChI=1S/C12H16Cl3N3O/c1-3-17-12(16-2)18-4-5-19-11-9(14)6-8(13)7-10(11)15/h6-7H,3-5H2,1-2H3,(H2,16,17,18). The van der Waals surface area contributed by atoms with E-state index >= 15 is 0 Å². The molecule has 106 valence electrons. The molecule has 1 rings (SSSR count). The zero-order valence-corrected chi connectivity index (χ0v) is 13.0. The van der Waals surface area contributed by atoms with Gasteiger partial charge in [-0.1, -0.05) is 34.8 Å². The molecule has 19 heavy (non-hydrogen) atoms. The van der Waals surface area contributed by atoms with Crippen molar-refractivity contribution in [2.24, 2.45) is 4.99 Å². The Labute approximate surface area is 128 Å². The Kier molecular flexibility index (Phi) is 7.13. The summed E-state index contributed by atoms with van der Waals surface area (Å²) in [4.78, 5) is 4.04. The fourth-order valence-electron chi connectivity index (χ4n) is 1.38. The zero-order valence-electron chi connectivity index (χ0n) is 10.8. The lowest BCUT2D eigenvalue weighted by atomic mass is 10.3. The van der Waals surface area contributed by atoms with Crippen molar-refractivity contribution in [3.05, 3.63) is 27.2 Å². The predicted octanol–water partition coefficient (Wildman–Crippen LogP) is 3.21. The van der Waals surface area contributed by atoms with Gasteiger partial charge in [-0.15, -0.1) is 0 Å². The minimum absolute atomic E-state index is 0.397. The number of nitrogens with one attached hydrogen (secondary N) is 2. The summed E-state index contributed by atoms with van der Waals surface area (Å²) < 4.78 is 5.53. The topological polar surface area (TPSA) is 45.7 Å². The van der Waals surface area contributed by atoms with Crippen LogP contribution < -0.4 is 15.4 Å². The second-order valence-corrected chi connectivity index (χ2v) is 4.83. The van der Waals surface area contributed by atoms with Crippen LogP contribution >= 0.6 is 34.8 Å². The highest BCUT2D eigenvalue weighted by Crippen LogP contribution is 2.35. The van der Waals surface area contributed by atoms with Gasteiger partial charge in [0.05, 0.1) is 16.6 Å². The smallest absolute Gasteiger partial charge is 0.191 e. The Bertz CT molecular complexity index is 429. The third-order valence-corrected chi connectivity index (χ3v) is 2.95. The molecule has 0 unspecified atom stereocenters. The number of guanidine groups is 1. The molecule has 0 aromatic heterocycles. The van der Waals surface area contributed by atoms with Gasteiger partial charge in [0.25, 0.3) is 0 Å². The summed E-state index contributed by atoms with van der Waals surface area (Å²) >= 11 is 17.8. The first kappa shape index (κ1) is 16.2. The van der Waals surface area contributed by atoms with E-state index < -0.39 is 0 Å². The second-order valence-electron chi connectivity index (χ2n) is 3.58. The molecule has 0 amide bonds. The maximum atomic E-state index is 6.00. The molecule has 0 aliphatic rings. The third kappa shape index (κ3) is 5.35. The van der Waals surface area contributed by atoms with Crippen molar-refractivity contribution in [2.45, 2.75) is 6.92 Å². The van der Waals surface area contributed by atoms with Crippen LogP contribution in [0.4, 0.5) is 0 Å². The van der Waals surface area contributed by atoms with Crippen LogP contribution in [0, 0.1) is 0 Å². The maximum absolute atomic E-state index is 6.00. The number of nitrogens with zero attached hydrogens (tertiary/aromatic N) is 1. The molecule has 0 heterocycles. The highest BCUT2D eigenvalue weighted by molar-refractivity contribution is 6.40. The van der Waals surface area contributed by atoms with Gasteiger partial charge in [0.1, 0.15) is 6.61 Å². The number of hydrogen-bond donors (Lipinski definition) is 2. The number of ether oxygens (including phenoxy) is 1. The van der Waals surface area contributed by atoms with Crippen LogP contribution in [0.2, 0.25) is 15.1 Å². The Morgan fingerprint density at radius 2 is 1.84 bits per heavy atom. The summed E-state index contributed by atoms with van der Waals surface area (Å²) in [6.45, 7) is 3.78. The van der Waals surface area contributed by atoms with E-state index in [1.807, 2.05) is 6.92 Å². The highest BCUT2D eigenvalue weighted by Gasteiger charge is 2.08. The molecule has 1 aromatic carbocycles. The fraction of sp³-hybridized carbons (Fsp3) is 0.417. The van der Waals surface area contributed by atoms with Crippen LogP contribution in [0.5, 0.6) is 5.75 Å². The van der Waals surface area contributed by atoms with Crippen molar-refractivity contribution in [3.8, 4) is 5.75 Å². The molecule has 4 nitrogen and oxygen atoms in total. The molecular formula is C12H16Cl3N3O. The van der Waals surface area contributed by atoms with Gasteiger partial charge in [-0.25, -0.2) is 0 Å². The van der Waals surface area contributed by atoms with Crippen LogP contribution in [0.3, 0.4) is 0 Å². The molecule has 1 aromatic rings. The van der Waals surface area contributed by atoms with Gasteiger partial charge in [-0.2, -0.15) is 0 Å². The number of rotatable bonds is 5. The van der Waals surface area contributed by atoms with E-state index in [-0.39, 0.29) is 0 Å². The van der Waals surface area contributed by atoms with Crippen LogP contribution in [0.25, 0.3) is 0 Å². The van der Waals surface area contributed by atoms with Gasteiger partial charge in [0, 0.05) is 18.6 Å². The molecule has 0 atom stereocenters. The number of hydrogen-bond acceptors (Lipinski definition) is 2. The van der Waals surface area contributed by atoms with E-state index in [1.54, 1.807) is 19.2 Å². The average Bonchev–Trinajstić information content (AvgIpc) is 2.35. The van der Waals surface area contributed by atoms with E-state index in [1.165, 1.54) is 0 Å². The van der Waals surface area contributed by atoms with Crippen molar-refractivity contribution in [1.82, 2.24) is 10.6 Å². The fourth-order valence-corrected chi connectivity index (χ4v) is 2.30. The van der Waals surface area contributed by atoms with E-state index in [9.17, 15) is 0 Å². The summed E-state index contributed by atoms with van der Waals surface area (Å²) in [6, 6.07) is 3.19. The van der Waals surface area contributed by atoms with Crippen molar-refractivity contribution < 1.29 is 4.74 Å². The molecule has 0 radical (unpaired) electrons. The van der Waals surface area contributed by atoms with Crippen molar-refractivity contribution in [2.75, 3.05) is 26.7 Å². The Hall–Kier alpha value is -0.840. The Balaban J connectivity index is 2.46. The third-order valence-electron chi connectivity index (χ3n) is 2.17. The van der Waals surface area contributed by atoms with Crippen LogP contribution in [0.1, 0.15) is 6.92 Å². The molecule has 0 saturated carbocycles. The first-order valence-corrected chi connectivity index (χ1v) is 6.93. The maximum Gasteiger partial charge on any atom is 0.191 e. The predicted molar refractivity (Wildman–Crippen MR) is 82.0 cm³/mol. The van der Waals surface area contributed by atoms with Crippen molar-refractivity contribution >= 4 is 40.8 Å². The van der Waals surface area contributed by atoms with Gasteiger partial charge in [-0.3, -0.25) is 4.99 Å². The zero-order chi connectivity index (χ0) is 14.3. The highest BCUT2D eigenvalue weighted by atomic mass is 35.5. The molecule has 7 heteroatoms. The van der Waals surface area contributed by atoms with E-state index in [0.717, 1.165) is 12.5 Å². The lowest BCUT2D eigenvalue weighted by molar-refractivity contribution is 0.322. The van der Waals surface area contributed by atoms with Gasteiger partial charge in [0.2, 0.25) is 0 Å². The summed E-state index contributed by atoms with van der Waals surface area (Å²) in [5.74, 6) is 1.16. The summed E-state index contributed by atoms with van der Waals surface area (Å²) in [6.07, 6.45) is 0. The summed E-state index contributed by atoms with van der Waals surface area (Å²) in [5.41, 5.74) is 0. The molecular weight excluding hydrogens is 309 g/mol. The first-order chi connectivity index (χ1) is 9.08. The van der Waals surface area contributed by atoms with Crippen molar-refractivity contribution in [3.63, 3.8) is 0 Å². The molecule has 0 fully saturated rings. The minimum atomic E-state index is 0.397. The largest absolute Gasteiger partial charge is 0.489 e. The average molecular weight is 325 g/mol. The van der Waals surface area contributed by atoms with E-state index in [0.29, 0.717) is 34.0 Å². The van der Waals surface area contributed by atoms with Gasteiger partial charge in [0.15, 0.2) is 11.7 Å². The molecule has 0 bridgehead atoms. The summed E-state index contributed by atoms with van der Waals surface area (Å²) in [5, 5.41) is 7.44. The monoisotopic (exact) mass is 323 g/mol. The lowest BCUT2D eigenvalue weighted by Crippen LogP contribution is -2.39. The molecule has 2 N–H and O–H groups in total. The van der Waals surface area contributed by atoms with Crippen LogP contribution in [-0.4, -0.2) is 32.7 Å². The molecule has 0 spiro atoms. The van der Waals surface area contributed by atoms with Gasteiger partial charge < -0.3 is 15.4 Å². The summed E-state index contributed by atoms with van der Waals surface area (Å²) in [7, 11) is 1.71. The van der Waals surface area contributed by atoms with Gasteiger partial charge >= 0.3 is 0 Å². The lowest BCUT2D eigenvalue weighted by Gasteiger charge is -2.13. The van der Waals surface area contributed by atoms with Gasteiger partial charge in [-0.05, 0) is 19.1 Å². The number of aliphatic imine (C=N–C) groups is 1.